The molecule has 1 N–H and O–H groups in total. The van der Waals surface area contributed by atoms with Gasteiger partial charge >= 0.3 is 0 Å². The molecule has 1 unspecified atom stereocenters. The third kappa shape index (κ3) is 3.93. The number of carbonyl (C=O) groups is 1. The van der Waals surface area contributed by atoms with Gasteiger partial charge in [-0.2, -0.15) is 0 Å². The number of nitrogens with zero attached hydrogens (tertiary/aromatic N) is 1. The van der Waals surface area contributed by atoms with Gasteiger partial charge in [0, 0.05) is 19.2 Å². The lowest BCUT2D eigenvalue weighted by atomic mass is 10.1. The van der Waals surface area contributed by atoms with Crippen molar-refractivity contribution in [1.29, 1.82) is 0 Å². The van der Waals surface area contributed by atoms with Crippen LogP contribution in [0.5, 0.6) is 5.75 Å². The highest BCUT2D eigenvalue weighted by atomic mass is 16.5. The van der Waals surface area contributed by atoms with E-state index in [1.807, 2.05) is 24.3 Å². The van der Waals surface area contributed by atoms with E-state index in [0.29, 0.717) is 32.9 Å². The molecular weight excluding hydrogens is 272 g/mol. The second-order valence-corrected chi connectivity index (χ2v) is 4.72. The van der Waals surface area contributed by atoms with Crippen LogP contribution < -0.4 is 10.1 Å². The molecule has 1 saturated heterocycles. The number of hydrogen-bond donors (Lipinski definition) is 1. The molecule has 1 aromatic carbocycles. The molecule has 0 aliphatic carbocycles. The number of ether oxygens (including phenoxy) is 3. The Hall–Kier alpha value is -1.63. The molecule has 1 aromatic rings. The number of rotatable bonds is 8. The average molecular weight is 294 g/mol. The molecule has 1 amide bonds. The first-order valence-corrected chi connectivity index (χ1v) is 7.00. The maximum absolute atomic E-state index is 12.0. The van der Waals surface area contributed by atoms with Crippen LogP contribution in [0.25, 0.3) is 0 Å². The molecule has 1 fully saturated rings. The van der Waals surface area contributed by atoms with Gasteiger partial charge in [0.15, 0.2) is 0 Å². The van der Waals surface area contributed by atoms with Crippen molar-refractivity contribution < 1.29 is 19.0 Å². The van der Waals surface area contributed by atoms with Gasteiger partial charge in [0.2, 0.25) is 5.91 Å². The lowest BCUT2D eigenvalue weighted by Gasteiger charge is -2.25. The van der Waals surface area contributed by atoms with E-state index in [0.717, 1.165) is 11.3 Å². The highest BCUT2D eigenvalue weighted by Gasteiger charge is 2.32. The summed E-state index contributed by atoms with van der Waals surface area (Å²) in [4.78, 5) is 13.8. The molecule has 1 heterocycles. The number of benzene rings is 1. The van der Waals surface area contributed by atoms with Gasteiger partial charge in [-0.25, -0.2) is 0 Å². The van der Waals surface area contributed by atoms with Crippen molar-refractivity contribution in [1.82, 2.24) is 10.2 Å². The summed E-state index contributed by atoms with van der Waals surface area (Å²) >= 11 is 0. The second kappa shape index (κ2) is 7.97. The van der Waals surface area contributed by atoms with Crippen LogP contribution in [0.3, 0.4) is 0 Å². The Balaban J connectivity index is 1.99. The van der Waals surface area contributed by atoms with E-state index < -0.39 is 0 Å². The molecule has 6 nitrogen and oxygen atoms in total. The van der Waals surface area contributed by atoms with Gasteiger partial charge in [-0.05, 0) is 6.07 Å². The zero-order valence-corrected chi connectivity index (χ0v) is 12.5. The fourth-order valence-corrected chi connectivity index (χ4v) is 2.37. The Kier molecular flexibility index (Phi) is 5.98. The summed E-state index contributed by atoms with van der Waals surface area (Å²) in [6.45, 7) is 2.45. The van der Waals surface area contributed by atoms with Crippen LogP contribution in [0.1, 0.15) is 11.7 Å². The van der Waals surface area contributed by atoms with Crippen molar-refractivity contribution in [3.8, 4) is 5.75 Å². The van der Waals surface area contributed by atoms with Crippen LogP contribution in [0.15, 0.2) is 24.3 Å². The van der Waals surface area contributed by atoms with Crippen LogP contribution in [0.4, 0.5) is 0 Å². The summed E-state index contributed by atoms with van der Waals surface area (Å²) in [6, 6.07) is 7.72. The number of nitrogens with one attached hydrogen (secondary N) is 1. The molecule has 0 bridgehead atoms. The highest BCUT2D eigenvalue weighted by molar-refractivity contribution is 5.81. The number of carbonyl (C=O) groups excluding carboxylic acids is 1. The molecule has 2 rings (SSSR count). The average Bonchev–Trinajstić information content (AvgIpc) is 2.88. The summed E-state index contributed by atoms with van der Waals surface area (Å²) in [5, 5.41) is 3.22. The summed E-state index contributed by atoms with van der Waals surface area (Å²) < 4.78 is 15.7. The largest absolute Gasteiger partial charge is 0.496 e. The molecule has 1 aliphatic heterocycles. The SMILES string of the molecule is COCCOCCN1C(=O)CNC1c1ccccc1OC. The molecule has 0 aromatic heterocycles. The predicted molar refractivity (Wildman–Crippen MR) is 78.1 cm³/mol. The van der Waals surface area contributed by atoms with Gasteiger partial charge in [-0.1, -0.05) is 18.2 Å². The molecule has 0 spiro atoms. The second-order valence-electron chi connectivity index (χ2n) is 4.72. The van der Waals surface area contributed by atoms with Gasteiger partial charge in [0.25, 0.3) is 0 Å². The van der Waals surface area contributed by atoms with E-state index >= 15 is 0 Å². The quantitative estimate of drug-likeness (QED) is 0.718. The van der Waals surface area contributed by atoms with E-state index in [9.17, 15) is 4.79 Å². The highest BCUT2D eigenvalue weighted by Crippen LogP contribution is 2.29. The third-order valence-electron chi connectivity index (χ3n) is 3.42. The van der Waals surface area contributed by atoms with E-state index in [2.05, 4.69) is 5.32 Å². The maximum atomic E-state index is 12.0. The van der Waals surface area contributed by atoms with Gasteiger partial charge in [0.1, 0.15) is 11.9 Å². The van der Waals surface area contributed by atoms with Gasteiger partial charge < -0.3 is 19.1 Å². The Labute approximate surface area is 125 Å². The number of hydrogen-bond acceptors (Lipinski definition) is 5. The van der Waals surface area contributed by atoms with Crippen LogP contribution >= 0.6 is 0 Å². The summed E-state index contributed by atoms with van der Waals surface area (Å²) in [6.07, 6.45) is -0.167. The lowest BCUT2D eigenvalue weighted by molar-refractivity contribution is -0.128. The standard InChI is InChI=1S/C15H22N2O4/c1-19-9-10-21-8-7-17-14(18)11-16-15(17)12-5-3-4-6-13(12)20-2/h3-6,15-16H,7-11H2,1-2H3. The predicted octanol–water partition coefficient (Wildman–Crippen LogP) is 0.789. The zero-order valence-electron chi connectivity index (χ0n) is 12.5. The van der Waals surface area contributed by atoms with Crippen molar-refractivity contribution >= 4 is 5.91 Å². The maximum Gasteiger partial charge on any atom is 0.238 e. The van der Waals surface area contributed by atoms with Crippen LogP contribution in [0.2, 0.25) is 0 Å². The minimum Gasteiger partial charge on any atom is -0.496 e. The molecular formula is C15H22N2O4. The fraction of sp³-hybridized carbons (Fsp3) is 0.533. The molecule has 21 heavy (non-hydrogen) atoms. The lowest BCUT2D eigenvalue weighted by Crippen LogP contribution is -2.33. The van der Waals surface area contributed by atoms with Crippen molar-refractivity contribution in [3.63, 3.8) is 0 Å². The van der Waals surface area contributed by atoms with E-state index in [-0.39, 0.29) is 12.1 Å². The molecule has 1 atom stereocenters. The minimum absolute atomic E-state index is 0.0706. The van der Waals surface area contributed by atoms with Crippen LogP contribution in [0, 0.1) is 0 Å². The van der Waals surface area contributed by atoms with E-state index in [1.54, 1.807) is 19.1 Å². The Morgan fingerprint density at radius 1 is 1.24 bits per heavy atom. The summed E-state index contributed by atoms with van der Waals surface area (Å²) in [5.74, 6) is 0.844. The first-order chi connectivity index (χ1) is 10.3. The number of methoxy groups -OCH3 is 2. The fourth-order valence-electron chi connectivity index (χ4n) is 2.37. The van der Waals surface area contributed by atoms with Crippen molar-refractivity contribution in [2.45, 2.75) is 6.17 Å². The molecule has 0 saturated carbocycles. The minimum atomic E-state index is -0.167. The Morgan fingerprint density at radius 2 is 2.05 bits per heavy atom. The Bertz CT molecular complexity index is 467. The van der Waals surface area contributed by atoms with E-state index in [4.69, 9.17) is 14.2 Å². The zero-order chi connectivity index (χ0) is 15.1. The van der Waals surface area contributed by atoms with Crippen LogP contribution in [-0.2, 0) is 14.3 Å². The van der Waals surface area contributed by atoms with Gasteiger partial charge in [-0.3, -0.25) is 10.1 Å². The summed E-state index contributed by atoms with van der Waals surface area (Å²) in [5.41, 5.74) is 0.961. The van der Waals surface area contributed by atoms with Crippen LogP contribution in [-0.4, -0.2) is 57.9 Å². The normalized spacial score (nSPS) is 18.3. The van der Waals surface area contributed by atoms with Gasteiger partial charge in [-0.15, -0.1) is 0 Å². The third-order valence-corrected chi connectivity index (χ3v) is 3.42. The Morgan fingerprint density at radius 3 is 2.81 bits per heavy atom. The first-order valence-electron chi connectivity index (χ1n) is 7.00. The molecule has 1 aliphatic rings. The number of para-hydroxylation sites is 1. The molecule has 0 radical (unpaired) electrons. The van der Waals surface area contributed by atoms with E-state index in [1.165, 1.54) is 0 Å². The summed E-state index contributed by atoms with van der Waals surface area (Å²) in [7, 11) is 3.27. The van der Waals surface area contributed by atoms with Gasteiger partial charge in [0.05, 0.1) is 33.5 Å². The topological polar surface area (TPSA) is 60.0 Å². The van der Waals surface area contributed by atoms with Crippen molar-refractivity contribution in [2.75, 3.05) is 47.1 Å². The monoisotopic (exact) mass is 294 g/mol. The van der Waals surface area contributed by atoms with Crippen molar-refractivity contribution in [3.05, 3.63) is 29.8 Å². The smallest absolute Gasteiger partial charge is 0.238 e. The number of amides is 1. The molecule has 116 valence electrons. The molecule has 6 heteroatoms. The first kappa shape index (κ1) is 15.8. The van der Waals surface area contributed by atoms with Crippen molar-refractivity contribution in [2.24, 2.45) is 0 Å².